The zero-order chi connectivity index (χ0) is 11.1. The largest absolute Gasteiger partial charge is 0.330 e. The van der Waals surface area contributed by atoms with E-state index in [0.717, 1.165) is 25.1 Å². The first-order valence-electron chi connectivity index (χ1n) is 5.37. The average molecular weight is 210 g/mol. The normalized spacial score (nSPS) is 12.7. The second-order valence-electron chi connectivity index (χ2n) is 3.94. The lowest BCUT2D eigenvalue weighted by atomic mass is 10.1. The van der Waals surface area contributed by atoms with Crippen molar-refractivity contribution in [2.45, 2.75) is 19.9 Å². The minimum Gasteiger partial charge on any atom is -0.330 e. The Morgan fingerprint density at radius 2 is 2.27 bits per heavy atom. The first kappa shape index (κ1) is 12.1. The second-order valence-corrected chi connectivity index (χ2v) is 3.94. The Kier molecular flexibility index (Phi) is 5.29. The summed E-state index contributed by atoms with van der Waals surface area (Å²) in [6.45, 7) is 4.52. The highest BCUT2D eigenvalue weighted by molar-refractivity contribution is 5.15. The predicted molar refractivity (Wildman–Crippen MR) is 60.9 cm³/mol. The predicted octanol–water partition coefficient (Wildman–Crippen LogP) is 1.90. The van der Waals surface area contributed by atoms with Crippen LogP contribution in [-0.4, -0.2) is 13.1 Å². The summed E-state index contributed by atoms with van der Waals surface area (Å²) in [5, 5.41) is 3.29. The number of nitrogens with one attached hydrogen (secondary N) is 1. The molecule has 1 aromatic rings. The molecule has 0 bridgehead atoms. The van der Waals surface area contributed by atoms with Gasteiger partial charge < -0.3 is 11.1 Å². The third-order valence-electron chi connectivity index (χ3n) is 2.37. The number of halogens is 1. The van der Waals surface area contributed by atoms with Crippen molar-refractivity contribution in [2.24, 2.45) is 11.7 Å². The molecule has 0 aromatic heterocycles. The third kappa shape index (κ3) is 4.91. The van der Waals surface area contributed by atoms with E-state index in [2.05, 4.69) is 12.2 Å². The summed E-state index contributed by atoms with van der Waals surface area (Å²) in [5.74, 6) is 0.396. The summed E-state index contributed by atoms with van der Waals surface area (Å²) in [5.41, 5.74) is 6.44. The molecule has 1 rings (SSSR count). The van der Waals surface area contributed by atoms with Crippen LogP contribution >= 0.6 is 0 Å². The quantitative estimate of drug-likeness (QED) is 0.752. The Bertz CT molecular complexity index is 289. The Balaban J connectivity index is 2.25. The van der Waals surface area contributed by atoms with Gasteiger partial charge in [-0.2, -0.15) is 0 Å². The summed E-state index contributed by atoms with van der Waals surface area (Å²) >= 11 is 0. The lowest BCUT2D eigenvalue weighted by Gasteiger charge is -2.11. The summed E-state index contributed by atoms with van der Waals surface area (Å²) in [4.78, 5) is 0. The van der Waals surface area contributed by atoms with Crippen LogP contribution in [0.1, 0.15) is 18.9 Å². The van der Waals surface area contributed by atoms with Gasteiger partial charge >= 0.3 is 0 Å². The molecule has 0 saturated carbocycles. The van der Waals surface area contributed by atoms with E-state index in [1.807, 2.05) is 6.07 Å². The maximum Gasteiger partial charge on any atom is 0.123 e. The van der Waals surface area contributed by atoms with Gasteiger partial charge in [0.15, 0.2) is 0 Å². The van der Waals surface area contributed by atoms with E-state index in [9.17, 15) is 4.39 Å². The van der Waals surface area contributed by atoms with Crippen molar-refractivity contribution in [1.82, 2.24) is 5.32 Å². The van der Waals surface area contributed by atoms with Crippen LogP contribution in [0, 0.1) is 11.7 Å². The van der Waals surface area contributed by atoms with Crippen LogP contribution in [0.3, 0.4) is 0 Å². The van der Waals surface area contributed by atoms with Crippen molar-refractivity contribution in [2.75, 3.05) is 13.1 Å². The smallest absolute Gasteiger partial charge is 0.123 e. The zero-order valence-corrected chi connectivity index (χ0v) is 9.17. The fourth-order valence-electron chi connectivity index (χ4n) is 1.50. The van der Waals surface area contributed by atoms with Gasteiger partial charge in [0.05, 0.1) is 0 Å². The van der Waals surface area contributed by atoms with Crippen molar-refractivity contribution >= 4 is 0 Å². The van der Waals surface area contributed by atoms with E-state index in [4.69, 9.17) is 5.73 Å². The van der Waals surface area contributed by atoms with E-state index < -0.39 is 0 Å². The highest BCUT2D eigenvalue weighted by atomic mass is 19.1. The van der Waals surface area contributed by atoms with Gasteiger partial charge in [-0.3, -0.25) is 0 Å². The van der Waals surface area contributed by atoms with Gasteiger partial charge in [-0.25, -0.2) is 4.39 Å². The Morgan fingerprint density at radius 1 is 1.47 bits per heavy atom. The molecule has 1 unspecified atom stereocenters. The van der Waals surface area contributed by atoms with Gasteiger partial charge in [-0.05, 0) is 43.1 Å². The molecule has 0 saturated heterocycles. The van der Waals surface area contributed by atoms with Crippen LogP contribution in [0.15, 0.2) is 24.3 Å². The first-order chi connectivity index (χ1) is 7.22. The van der Waals surface area contributed by atoms with Gasteiger partial charge in [0.1, 0.15) is 5.82 Å². The molecule has 1 atom stereocenters. The molecule has 0 aliphatic rings. The van der Waals surface area contributed by atoms with Crippen molar-refractivity contribution in [1.29, 1.82) is 0 Å². The second kappa shape index (κ2) is 6.53. The molecule has 0 radical (unpaired) electrons. The van der Waals surface area contributed by atoms with Crippen molar-refractivity contribution in [3.8, 4) is 0 Å². The molecule has 84 valence electrons. The molecule has 0 aliphatic carbocycles. The van der Waals surface area contributed by atoms with E-state index in [1.54, 1.807) is 12.1 Å². The molecule has 1 aromatic carbocycles. The molecule has 0 amide bonds. The first-order valence-corrected chi connectivity index (χ1v) is 5.37. The van der Waals surface area contributed by atoms with Crippen LogP contribution < -0.4 is 11.1 Å². The average Bonchev–Trinajstić information content (AvgIpc) is 2.18. The van der Waals surface area contributed by atoms with Gasteiger partial charge in [0, 0.05) is 6.54 Å². The fourth-order valence-corrected chi connectivity index (χ4v) is 1.50. The summed E-state index contributed by atoms with van der Waals surface area (Å²) < 4.78 is 12.8. The molecule has 0 fully saturated rings. The molecular formula is C12H19FN2. The molecule has 0 aliphatic heterocycles. The molecule has 0 heterocycles. The number of rotatable bonds is 6. The number of hydrogen-bond acceptors (Lipinski definition) is 2. The summed E-state index contributed by atoms with van der Waals surface area (Å²) in [6.07, 6.45) is 1.02. The Hall–Kier alpha value is -0.930. The lowest BCUT2D eigenvalue weighted by molar-refractivity contribution is 0.486. The third-order valence-corrected chi connectivity index (χ3v) is 2.37. The van der Waals surface area contributed by atoms with Gasteiger partial charge in [-0.15, -0.1) is 0 Å². The van der Waals surface area contributed by atoms with Gasteiger partial charge in [-0.1, -0.05) is 19.1 Å². The van der Waals surface area contributed by atoms with E-state index in [1.165, 1.54) is 6.07 Å². The van der Waals surface area contributed by atoms with E-state index in [0.29, 0.717) is 12.5 Å². The van der Waals surface area contributed by atoms with Gasteiger partial charge in [0.2, 0.25) is 0 Å². The molecule has 3 heteroatoms. The topological polar surface area (TPSA) is 38.0 Å². The van der Waals surface area contributed by atoms with Crippen molar-refractivity contribution < 1.29 is 4.39 Å². The summed E-state index contributed by atoms with van der Waals surface area (Å²) in [7, 11) is 0. The van der Waals surface area contributed by atoms with Crippen LogP contribution in [0.25, 0.3) is 0 Å². The van der Waals surface area contributed by atoms with Crippen LogP contribution in [-0.2, 0) is 6.54 Å². The van der Waals surface area contributed by atoms with Crippen molar-refractivity contribution in [3.63, 3.8) is 0 Å². The summed E-state index contributed by atoms with van der Waals surface area (Å²) in [6, 6.07) is 6.67. The number of benzene rings is 1. The molecular weight excluding hydrogens is 191 g/mol. The van der Waals surface area contributed by atoms with Crippen LogP contribution in [0.5, 0.6) is 0 Å². The highest BCUT2D eigenvalue weighted by Crippen LogP contribution is 2.03. The van der Waals surface area contributed by atoms with Crippen LogP contribution in [0.4, 0.5) is 4.39 Å². The Morgan fingerprint density at radius 3 is 2.93 bits per heavy atom. The van der Waals surface area contributed by atoms with E-state index in [-0.39, 0.29) is 5.82 Å². The van der Waals surface area contributed by atoms with Crippen LogP contribution in [0.2, 0.25) is 0 Å². The SMILES string of the molecule is CC(CCN)CNCc1cccc(F)c1. The molecule has 2 nitrogen and oxygen atoms in total. The molecule has 0 spiro atoms. The lowest BCUT2D eigenvalue weighted by Crippen LogP contribution is -2.22. The minimum absolute atomic E-state index is 0.177. The number of hydrogen-bond donors (Lipinski definition) is 2. The highest BCUT2D eigenvalue weighted by Gasteiger charge is 2.00. The minimum atomic E-state index is -0.177. The standard InChI is InChI=1S/C12H19FN2/c1-10(5-6-14)8-15-9-11-3-2-4-12(13)7-11/h2-4,7,10,15H,5-6,8-9,14H2,1H3. The van der Waals surface area contributed by atoms with E-state index >= 15 is 0 Å². The van der Waals surface area contributed by atoms with Gasteiger partial charge in [0.25, 0.3) is 0 Å². The molecule has 15 heavy (non-hydrogen) atoms. The molecule has 3 N–H and O–H groups in total. The van der Waals surface area contributed by atoms with Crippen molar-refractivity contribution in [3.05, 3.63) is 35.6 Å². The Labute approximate surface area is 90.7 Å². The monoisotopic (exact) mass is 210 g/mol. The maximum atomic E-state index is 12.8. The zero-order valence-electron chi connectivity index (χ0n) is 9.17. The maximum absolute atomic E-state index is 12.8. The fraction of sp³-hybridized carbons (Fsp3) is 0.500. The number of nitrogens with two attached hydrogens (primary N) is 1.